The molecule has 3 amide bonds. The molecule has 0 radical (unpaired) electrons. The van der Waals surface area contributed by atoms with E-state index in [2.05, 4.69) is 10.6 Å². The fourth-order valence-electron chi connectivity index (χ4n) is 3.15. The van der Waals surface area contributed by atoms with Gasteiger partial charge in [0, 0.05) is 18.8 Å². The zero-order valence-electron chi connectivity index (χ0n) is 14.0. The van der Waals surface area contributed by atoms with E-state index in [4.69, 9.17) is 4.74 Å². The predicted octanol–water partition coefficient (Wildman–Crippen LogP) is 2.19. The van der Waals surface area contributed by atoms with Crippen LogP contribution in [0.3, 0.4) is 0 Å². The Hall–Kier alpha value is -2.55. The zero-order chi connectivity index (χ0) is 18.9. The smallest absolute Gasteiger partial charge is 0.378 e. The summed E-state index contributed by atoms with van der Waals surface area (Å²) in [7, 11) is 0. The van der Waals surface area contributed by atoms with Gasteiger partial charge < -0.3 is 20.3 Å². The minimum Gasteiger partial charge on any atom is -0.378 e. The first kappa shape index (κ1) is 18.2. The molecule has 2 aliphatic heterocycles. The summed E-state index contributed by atoms with van der Waals surface area (Å²) in [4.78, 5) is 26.4. The molecule has 26 heavy (non-hydrogen) atoms. The number of hydrogen-bond acceptors (Lipinski definition) is 3. The minimum atomic E-state index is -4.60. The molecule has 0 spiro atoms. The number of benzene rings is 1. The summed E-state index contributed by atoms with van der Waals surface area (Å²) in [6.45, 7) is 2.92. The Balaban J connectivity index is 2.05. The molecule has 0 aliphatic carbocycles. The Morgan fingerprint density at radius 3 is 2.54 bits per heavy atom. The first-order valence-corrected chi connectivity index (χ1v) is 8.10. The highest BCUT2D eigenvalue weighted by molar-refractivity contribution is 5.98. The maximum atomic E-state index is 13.4. The maximum absolute atomic E-state index is 13.4. The fourth-order valence-corrected chi connectivity index (χ4v) is 3.15. The summed E-state index contributed by atoms with van der Waals surface area (Å²) in [6, 6.07) is 3.11. The lowest BCUT2D eigenvalue weighted by atomic mass is 9.90. The van der Waals surface area contributed by atoms with Crippen molar-refractivity contribution < 1.29 is 27.5 Å². The molecule has 0 saturated carbocycles. The number of ether oxygens (including phenoxy) is 1. The van der Waals surface area contributed by atoms with Crippen LogP contribution in [0.15, 0.2) is 35.5 Å². The van der Waals surface area contributed by atoms with Gasteiger partial charge in [-0.3, -0.25) is 4.79 Å². The number of allylic oxidation sites excluding steroid dienone is 1. The SMILES string of the molecule is CC1=C(C(=O)N2CCOCC2)[C@H](c2ccccc2C(F)(F)F)NC(=O)N1. The van der Waals surface area contributed by atoms with Crippen LogP contribution in [0, 0.1) is 0 Å². The van der Waals surface area contributed by atoms with Gasteiger partial charge in [0.05, 0.1) is 30.4 Å². The molecule has 1 aromatic carbocycles. The van der Waals surface area contributed by atoms with Gasteiger partial charge in [0.25, 0.3) is 5.91 Å². The summed E-state index contributed by atoms with van der Waals surface area (Å²) in [5, 5.41) is 4.94. The molecule has 1 fully saturated rings. The van der Waals surface area contributed by atoms with Crippen molar-refractivity contribution in [3.63, 3.8) is 0 Å². The van der Waals surface area contributed by atoms with Crippen molar-refractivity contribution in [3.05, 3.63) is 46.7 Å². The first-order chi connectivity index (χ1) is 12.3. The summed E-state index contributed by atoms with van der Waals surface area (Å²) in [5.74, 6) is -0.416. The van der Waals surface area contributed by atoms with Gasteiger partial charge in [0.2, 0.25) is 0 Å². The normalized spacial score (nSPS) is 21.3. The lowest BCUT2D eigenvalue weighted by molar-refractivity contribution is -0.139. The van der Waals surface area contributed by atoms with Crippen LogP contribution in [0.5, 0.6) is 0 Å². The molecule has 2 heterocycles. The average Bonchev–Trinajstić information content (AvgIpc) is 2.60. The standard InChI is InChI=1S/C17H18F3N3O3/c1-10-13(15(24)23-6-8-26-9-7-23)14(22-16(25)21-10)11-4-2-3-5-12(11)17(18,19)20/h2-5,14H,6-9H2,1H3,(H2,21,22,25)/t14-/m0/s1. The van der Waals surface area contributed by atoms with Crippen LogP contribution < -0.4 is 10.6 Å². The number of hydrogen-bond donors (Lipinski definition) is 2. The van der Waals surface area contributed by atoms with E-state index in [1.54, 1.807) is 0 Å². The van der Waals surface area contributed by atoms with Crippen LogP contribution in [0.2, 0.25) is 0 Å². The lowest BCUT2D eigenvalue weighted by Crippen LogP contribution is -2.50. The highest BCUT2D eigenvalue weighted by Crippen LogP contribution is 2.38. The van der Waals surface area contributed by atoms with Gasteiger partial charge in [0.1, 0.15) is 0 Å². The Bertz CT molecular complexity index is 755. The Kier molecular flexibility index (Phi) is 4.90. The number of nitrogens with one attached hydrogen (secondary N) is 2. The molecule has 3 rings (SSSR count). The number of morpholine rings is 1. The van der Waals surface area contributed by atoms with Crippen LogP contribution in [-0.4, -0.2) is 43.1 Å². The van der Waals surface area contributed by atoms with Crippen molar-refractivity contribution in [2.75, 3.05) is 26.3 Å². The number of carbonyl (C=O) groups excluding carboxylic acids is 2. The minimum absolute atomic E-state index is 0.100. The number of alkyl halides is 3. The van der Waals surface area contributed by atoms with Crippen LogP contribution in [0.1, 0.15) is 24.1 Å². The van der Waals surface area contributed by atoms with Gasteiger partial charge in [-0.15, -0.1) is 0 Å². The molecule has 9 heteroatoms. The molecule has 0 aromatic heterocycles. The summed E-state index contributed by atoms with van der Waals surface area (Å²) in [6.07, 6.45) is -4.60. The predicted molar refractivity (Wildman–Crippen MR) is 86.0 cm³/mol. The topological polar surface area (TPSA) is 70.7 Å². The molecule has 1 aromatic rings. The highest BCUT2D eigenvalue weighted by Gasteiger charge is 2.40. The molecule has 1 atom stereocenters. The Morgan fingerprint density at radius 1 is 1.23 bits per heavy atom. The van der Waals surface area contributed by atoms with Crippen LogP contribution in [-0.2, 0) is 15.7 Å². The van der Waals surface area contributed by atoms with Crippen molar-refractivity contribution in [2.45, 2.75) is 19.1 Å². The third-order valence-electron chi connectivity index (χ3n) is 4.38. The monoisotopic (exact) mass is 369 g/mol. The number of carbonyl (C=O) groups is 2. The van der Waals surface area contributed by atoms with Gasteiger partial charge >= 0.3 is 12.2 Å². The van der Waals surface area contributed by atoms with Gasteiger partial charge in [0.15, 0.2) is 0 Å². The fraction of sp³-hybridized carbons (Fsp3) is 0.412. The van der Waals surface area contributed by atoms with E-state index in [-0.39, 0.29) is 16.8 Å². The van der Waals surface area contributed by atoms with Gasteiger partial charge in [-0.2, -0.15) is 13.2 Å². The molecule has 2 N–H and O–H groups in total. The molecule has 6 nitrogen and oxygen atoms in total. The van der Waals surface area contributed by atoms with Crippen molar-refractivity contribution in [2.24, 2.45) is 0 Å². The number of nitrogens with zero attached hydrogens (tertiary/aromatic N) is 1. The zero-order valence-corrected chi connectivity index (χ0v) is 14.0. The van der Waals surface area contributed by atoms with E-state index in [0.29, 0.717) is 26.3 Å². The van der Waals surface area contributed by atoms with E-state index < -0.39 is 29.7 Å². The molecule has 0 bridgehead atoms. The second-order valence-electron chi connectivity index (χ2n) is 6.06. The van der Waals surface area contributed by atoms with Gasteiger partial charge in [-0.1, -0.05) is 18.2 Å². The molecule has 2 aliphatic rings. The maximum Gasteiger partial charge on any atom is 0.416 e. The molecule has 0 unspecified atom stereocenters. The second-order valence-corrected chi connectivity index (χ2v) is 6.06. The summed E-state index contributed by atoms with van der Waals surface area (Å²) >= 11 is 0. The Labute approximate surface area is 148 Å². The molecule has 1 saturated heterocycles. The molecule has 140 valence electrons. The molecular weight excluding hydrogens is 351 g/mol. The van der Waals surface area contributed by atoms with E-state index in [0.717, 1.165) is 6.07 Å². The highest BCUT2D eigenvalue weighted by atomic mass is 19.4. The van der Waals surface area contributed by atoms with Crippen molar-refractivity contribution in [3.8, 4) is 0 Å². The summed E-state index contributed by atoms with van der Waals surface area (Å²) in [5.41, 5.74) is -0.700. The van der Waals surface area contributed by atoms with Crippen LogP contribution >= 0.6 is 0 Å². The van der Waals surface area contributed by atoms with E-state index >= 15 is 0 Å². The van der Waals surface area contributed by atoms with E-state index in [1.807, 2.05) is 0 Å². The number of rotatable bonds is 2. The quantitative estimate of drug-likeness (QED) is 0.840. The first-order valence-electron chi connectivity index (χ1n) is 8.10. The largest absolute Gasteiger partial charge is 0.416 e. The Morgan fingerprint density at radius 2 is 1.88 bits per heavy atom. The van der Waals surface area contributed by atoms with Crippen molar-refractivity contribution >= 4 is 11.9 Å². The second kappa shape index (κ2) is 6.99. The summed E-state index contributed by atoms with van der Waals surface area (Å²) < 4.78 is 45.5. The van der Waals surface area contributed by atoms with Gasteiger partial charge in [-0.05, 0) is 18.6 Å². The molecular formula is C17H18F3N3O3. The van der Waals surface area contributed by atoms with E-state index in [9.17, 15) is 22.8 Å². The van der Waals surface area contributed by atoms with E-state index in [1.165, 1.54) is 30.0 Å². The van der Waals surface area contributed by atoms with Crippen molar-refractivity contribution in [1.82, 2.24) is 15.5 Å². The van der Waals surface area contributed by atoms with Crippen LogP contribution in [0.25, 0.3) is 0 Å². The number of urea groups is 1. The lowest BCUT2D eigenvalue weighted by Gasteiger charge is -2.34. The van der Waals surface area contributed by atoms with Crippen LogP contribution in [0.4, 0.5) is 18.0 Å². The number of halogens is 3. The third-order valence-corrected chi connectivity index (χ3v) is 4.38. The average molecular weight is 369 g/mol. The van der Waals surface area contributed by atoms with Gasteiger partial charge in [-0.25, -0.2) is 4.79 Å². The van der Waals surface area contributed by atoms with Crippen molar-refractivity contribution in [1.29, 1.82) is 0 Å². The third kappa shape index (κ3) is 3.52. The number of amides is 3.